The lowest BCUT2D eigenvalue weighted by molar-refractivity contribution is -0.123. The van der Waals surface area contributed by atoms with E-state index in [-0.39, 0.29) is 11.9 Å². The third kappa shape index (κ3) is 9.21. The van der Waals surface area contributed by atoms with Crippen LogP contribution >= 0.6 is 0 Å². The van der Waals surface area contributed by atoms with E-state index in [9.17, 15) is 14.4 Å². The van der Waals surface area contributed by atoms with Crippen LogP contribution in [0.2, 0.25) is 0 Å². The second-order valence-corrected chi connectivity index (χ2v) is 10.7. The van der Waals surface area contributed by atoms with Crippen molar-refractivity contribution in [1.82, 2.24) is 15.5 Å². The van der Waals surface area contributed by atoms with Crippen molar-refractivity contribution in [1.29, 1.82) is 0 Å². The number of carbonyl (C=O) groups is 3. The molecule has 1 heterocycles. The van der Waals surface area contributed by atoms with Gasteiger partial charge in [0, 0.05) is 19.6 Å². The molecule has 0 aromatic heterocycles. The normalized spacial score (nSPS) is 16.8. The Hall–Kier alpha value is -2.81. The number of carbonyl (C=O) groups excluding carboxylic acids is 3. The molecule has 190 valence electrons. The molecule has 0 saturated carbocycles. The number of amides is 3. The average Bonchev–Trinajstić information content (AvgIpc) is 2.70. The molecule has 1 aliphatic rings. The molecule has 4 N–H and O–H groups in total. The molecule has 9 nitrogen and oxygen atoms in total. The maximum atomic E-state index is 12.8. The third-order valence-electron chi connectivity index (χ3n) is 5.11. The van der Waals surface area contributed by atoms with Gasteiger partial charge in [-0.15, -0.1) is 0 Å². The smallest absolute Gasteiger partial charge is 0.410 e. The minimum absolute atomic E-state index is 0.272. The zero-order valence-electron chi connectivity index (χ0n) is 21.3. The first-order valence-electron chi connectivity index (χ1n) is 11.8. The summed E-state index contributed by atoms with van der Waals surface area (Å²) in [7, 11) is 0. The lowest BCUT2D eigenvalue weighted by Gasteiger charge is -2.36. The Labute approximate surface area is 202 Å². The van der Waals surface area contributed by atoms with Crippen molar-refractivity contribution in [2.24, 2.45) is 5.73 Å². The first-order chi connectivity index (χ1) is 15.7. The van der Waals surface area contributed by atoms with E-state index in [1.54, 1.807) is 4.90 Å². The molecule has 2 rings (SSSR count). The molecule has 0 radical (unpaired) electrons. The van der Waals surface area contributed by atoms with Crippen molar-refractivity contribution >= 4 is 18.1 Å². The van der Waals surface area contributed by atoms with Gasteiger partial charge in [-0.1, -0.05) is 24.3 Å². The van der Waals surface area contributed by atoms with E-state index < -0.39 is 29.4 Å². The first-order valence-corrected chi connectivity index (χ1v) is 11.8. The maximum absolute atomic E-state index is 12.8. The Bertz CT molecular complexity index is 860. The predicted molar refractivity (Wildman–Crippen MR) is 130 cm³/mol. The lowest BCUT2D eigenvalue weighted by Crippen LogP contribution is -2.49. The van der Waals surface area contributed by atoms with E-state index >= 15 is 0 Å². The highest BCUT2D eigenvalue weighted by Crippen LogP contribution is 2.28. The van der Waals surface area contributed by atoms with Crippen molar-refractivity contribution in [2.75, 3.05) is 13.1 Å². The number of nitrogens with two attached hydrogens (primary N) is 1. The third-order valence-corrected chi connectivity index (χ3v) is 5.11. The quantitative estimate of drug-likeness (QED) is 0.517. The molecule has 1 aromatic carbocycles. The summed E-state index contributed by atoms with van der Waals surface area (Å²) in [5, 5.41) is 5.70. The molecule has 0 spiro atoms. The number of fused-ring (bicyclic) bond motifs is 1. The highest BCUT2D eigenvalue weighted by atomic mass is 16.6. The standard InChI is InChI=1S/C25H40N4O5/c1-24(2,3)33-22(31)27-14-10-9-13-19(26)21(30)28-20-16-29(23(32)34-25(4,5)6)15-17-11-7-8-12-18(17)20/h7-8,11-12,19-20H,9-10,13-16,26H2,1-6H3,(H,27,31)(H,28,30)/t19-,20+/m0/s1. The number of hydrogen-bond donors (Lipinski definition) is 3. The van der Waals surface area contributed by atoms with Crippen LogP contribution in [0.15, 0.2) is 24.3 Å². The van der Waals surface area contributed by atoms with Gasteiger partial charge in [-0.25, -0.2) is 9.59 Å². The molecule has 2 atom stereocenters. The second-order valence-electron chi connectivity index (χ2n) is 10.7. The van der Waals surface area contributed by atoms with Crippen LogP contribution in [0.4, 0.5) is 9.59 Å². The summed E-state index contributed by atoms with van der Waals surface area (Å²) in [4.78, 5) is 38.7. The summed E-state index contributed by atoms with van der Waals surface area (Å²) in [5.41, 5.74) is 6.92. The number of rotatable bonds is 7. The Morgan fingerprint density at radius 2 is 1.71 bits per heavy atom. The van der Waals surface area contributed by atoms with Crippen LogP contribution < -0.4 is 16.4 Å². The molecule has 3 amide bonds. The molecule has 0 bridgehead atoms. The Kier molecular flexibility index (Phi) is 9.32. The zero-order chi connectivity index (χ0) is 25.5. The Morgan fingerprint density at radius 3 is 2.35 bits per heavy atom. The number of ether oxygens (including phenoxy) is 2. The van der Waals surface area contributed by atoms with Crippen molar-refractivity contribution in [2.45, 2.75) is 90.6 Å². The molecule has 0 fully saturated rings. The number of unbranched alkanes of at least 4 members (excludes halogenated alkanes) is 1. The van der Waals surface area contributed by atoms with Crippen molar-refractivity contribution in [3.8, 4) is 0 Å². The largest absolute Gasteiger partial charge is 0.444 e. The maximum Gasteiger partial charge on any atom is 0.410 e. The van der Waals surface area contributed by atoms with Gasteiger partial charge < -0.3 is 30.7 Å². The lowest BCUT2D eigenvalue weighted by atomic mass is 9.95. The number of nitrogens with zero attached hydrogens (tertiary/aromatic N) is 1. The zero-order valence-corrected chi connectivity index (χ0v) is 21.3. The summed E-state index contributed by atoms with van der Waals surface area (Å²) in [6.07, 6.45) is 0.962. The number of hydrogen-bond acceptors (Lipinski definition) is 6. The Balaban J connectivity index is 1.87. The number of alkyl carbamates (subject to hydrolysis) is 1. The van der Waals surface area contributed by atoms with Crippen LogP contribution in [0.25, 0.3) is 0 Å². The SMILES string of the molecule is CC(C)(C)OC(=O)NCCCC[C@H](N)C(=O)N[C@@H]1CN(C(=O)OC(C)(C)C)Cc2ccccc21. The van der Waals surface area contributed by atoms with E-state index in [2.05, 4.69) is 10.6 Å². The Morgan fingerprint density at radius 1 is 1.06 bits per heavy atom. The second kappa shape index (κ2) is 11.6. The van der Waals surface area contributed by atoms with Crippen molar-refractivity contribution in [3.63, 3.8) is 0 Å². The highest BCUT2D eigenvalue weighted by Gasteiger charge is 2.32. The molecule has 1 aliphatic heterocycles. The minimum Gasteiger partial charge on any atom is -0.444 e. The summed E-state index contributed by atoms with van der Waals surface area (Å²) in [5.74, 6) is -0.272. The van der Waals surface area contributed by atoms with Crippen LogP contribution in [0.5, 0.6) is 0 Å². The topological polar surface area (TPSA) is 123 Å². The number of nitrogens with one attached hydrogen (secondary N) is 2. The van der Waals surface area contributed by atoms with E-state index in [1.165, 1.54) is 0 Å². The molecule has 1 aromatic rings. The molecule has 0 saturated heterocycles. The van der Waals surface area contributed by atoms with Gasteiger partial charge in [0.25, 0.3) is 0 Å². The molecule has 34 heavy (non-hydrogen) atoms. The van der Waals surface area contributed by atoms with Crippen LogP contribution in [-0.2, 0) is 20.8 Å². The molecule has 0 aliphatic carbocycles. The molecular weight excluding hydrogens is 436 g/mol. The van der Waals surface area contributed by atoms with Gasteiger partial charge in [-0.2, -0.15) is 0 Å². The monoisotopic (exact) mass is 476 g/mol. The summed E-state index contributed by atoms with van der Waals surface area (Å²) in [6.45, 7) is 12.1. The molecule has 0 unspecified atom stereocenters. The van der Waals surface area contributed by atoms with E-state index in [0.717, 1.165) is 11.1 Å². The van der Waals surface area contributed by atoms with Gasteiger partial charge in [0.05, 0.1) is 12.1 Å². The fourth-order valence-electron chi connectivity index (χ4n) is 3.60. The van der Waals surface area contributed by atoms with Crippen LogP contribution in [0.3, 0.4) is 0 Å². The van der Waals surface area contributed by atoms with E-state index in [4.69, 9.17) is 15.2 Å². The van der Waals surface area contributed by atoms with Gasteiger partial charge in [0.15, 0.2) is 0 Å². The van der Waals surface area contributed by atoms with Gasteiger partial charge >= 0.3 is 12.2 Å². The fraction of sp³-hybridized carbons (Fsp3) is 0.640. The van der Waals surface area contributed by atoms with Gasteiger partial charge in [-0.3, -0.25) is 4.79 Å². The average molecular weight is 477 g/mol. The minimum atomic E-state index is -0.689. The summed E-state index contributed by atoms with van der Waals surface area (Å²) >= 11 is 0. The first kappa shape index (κ1) is 27.4. The van der Waals surface area contributed by atoms with Crippen LogP contribution in [-0.4, -0.2) is 53.3 Å². The van der Waals surface area contributed by atoms with E-state index in [0.29, 0.717) is 38.9 Å². The van der Waals surface area contributed by atoms with Crippen LogP contribution in [0.1, 0.15) is 78.0 Å². The van der Waals surface area contributed by atoms with Crippen LogP contribution in [0, 0.1) is 0 Å². The van der Waals surface area contributed by atoms with E-state index in [1.807, 2.05) is 65.8 Å². The summed E-state index contributed by atoms with van der Waals surface area (Å²) in [6, 6.07) is 6.67. The fourth-order valence-corrected chi connectivity index (χ4v) is 3.60. The van der Waals surface area contributed by atoms with Gasteiger partial charge in [0.2, 0.25) is 5.91 Å². The predicted octanol–water partition coefficient (Wildman–Crippen LogP) is 3.62. The van der Waals surface area contributed by atoms with Gasteiger partial charge in [0.1, 0.15) is 11.2 Å². The molecular formula is C25H40N4O5. The number of benzene rings is 1. The van der Waals surface area contributed by atoms with Gasteiger partial charge in [-0.05, 0) is 71.9 Å². The molecule has 9 heteroatoms. The van der Waals surface area contributed by atoms with Crippen molar-refractivity contribution < 1.29 is 23.9 Å². The van der Waals surface area contributed by atoms with Crippen molar-refractivity contribution in [3.05, 3.63) is 35.4 Å². The highest BCUT2D eigenvalue weighted by molar-refractivity contribution is 5.82. The summed E-state index contributed by atoms with van der Waals surface area (Å²) < 4.78 is 10.7.